The molecule has 11 heteroatoms. The van der Waals surface area contributed by atoms with E-state index < -0.39 is 10.8 Å². The number of nitriles is 1. The second kappa shape index (κ2) is 11.0. The number of nitrogens with one attached hydrogen (secondary N) is 1. The number of nitrogens with zero attached hydrogens (tertiary/aromatic N) is 4. The van der Waals surface area contributed by atoms with Crippen molar-refractivity contribution in [3.63, 3.8) is 0 Å². The average Bonchev–Trinajstić information content (AvgIpc) is 3.45. The van der Waals surface area contributed by atoms with Crippen LogP contribution >= 0.6 is 11.3 Å². The van der Waals surface area contributed by atoms with Gasteiger partial charge in [0.25, 0.3) is 11.6 Å². The molecule has 3 aromatic rings. The average molecular weight is 468 g/mol. The summed E-state index contributed by atoms with van der Waals surface area (Å²) in [4.78, 5) is 23.5. The van der Waals surface area contributed by atoms with Crippen LogP contribution in [0.3, 0.4) is 0 Å². The second-order valence-electron chi connectivity index (χ2n) is 6.80. The summed E-state index contributed by atoms with van der Waals surface area (Å²) in [6.45, 7) is 4.23. The number of unbranched alkanes of at least 4 members (excludes halogenated alkanes) is 1. The summed E-state index contributed by atoms with van der Waals surface area (Å²) in [6, 6.07) is 9.34. The van der Waals surface area contributed by atoms with Crippen LogP contribution in [-0.4, -0.2) is 27.6 Å². The number of nitro groups is 1. The fraction of sp³-hybridized carbons (Fsp3) is 0.273. The molecule has 0 saturated carbocycles. The molecule has 1 aromatic carbocycles. The Balaban J connectivity index is 1.79. The first-order chi connectivity index (χ1) is 15.9. The van der Waals surface area contributed by atoms with E-state index >= 15 is 0 Å². The molecule has 1 amide bonds. The summed E-state index contributed by atoms with van der Waals surface area (Å²) in [7, 11) is 0. The second-order valence-corrected chi connectivity index (χ2v) is 7.86. The molecule has 0 bridgehead atoms. The number of hydrogen-bond donors (Lipinski definition) is 1. The molecule has 0 aliphatic carbocycles. The number of amides is 1. The lowest BCUT2D eigenvalue weighted by atomic mass is 10.1. The molecule has 0 fully saturated rings. The van der Waals surface area contributed by atoms with Crippen molar-refractivity contribution in [3.05, 3.63) is 56.8 Å². The van der Waals surface area contributed by atoms with Crippen LogP contribution in [0.4, 0.5) is 10.8 Å². The van der Waals surface area contributed by atoms with Gasteiger partial charge in [-0.3, -0.25) is 20.2 Å². The highest BCUT2D eigenvalue weighted by Gasteiger charge is 2.20. The number of aromatic nitrogens is 2. The lowest BCUT2D eigenvalue weighted by Gasteiger charge is -2.05. The highest BCUT2D eigenvalue weighted by atomic mass is 32.1. The molecule has 33 heavy (non-hydrogen) atoms. The third-order valence-corrected chi connectivity index (χ3v) is 5.35. The van der Waals surface area contributed by atoms with Gasteiger partial charge in [-0.1, -0.05) is 24.7 Å². The zero-order chi connectivity index (χ0) is 23.8. The van der Waals surface area contributed by atoms with E-state index in [0.717, 1.165) is 24.3 Å². The third-order valence-electron chi connectivity index (χ3n) is 4.45. The first-order valence-corrected chi connectivity index (χ1v) is 11.0. The molecule has 170 valence electrons. The monoisotopic (exact) mass is 467 g/mol. The molecule has 3 rings (SSSR count). The van der Waals surface area contributed by atoms with E-state index in [9.17, 15) is 20.2 Å². The quantitative estimate of drug-likeness (QED) is 0.190. The first kappa shape index (κ1) is 23.6. The fourth-order valence-electron chi connectivity index (χ4n) is 2.89. The summed E-state index contributed by atoms with van der Waals surface area (Å²) in [5.41, 5.74) is -0.138. The normalized spacial score (nSPS) is 11.1. The van der Waals surface area contributed by atoms with Crippen molar-refractivity contribution in [2.75, 3.05) is 11.9 Å². The summed E-state index contributed by atoms with van der Waals surface area (Å²) in [5, 5.41) is 32.5. The minimum absolute atomic E-state index is 0.181. The standard InChI is InChI=1S/C22H21N5O5S/c1-3-5-6-20-25-26-22(33-20)24-21(28)14(13-23)11-16-8-10-19(32-16)17-9-7-15(31-4-2)12-18(17)27(29)30/h7-12H,3-6H2,1-2H3,(H,24,26,28)/b14-11-. The maximum absolute atomic E-state index is 12.5. The van der Waals surface area contributed by atoms with Crippen LogP contribution in [-0.2, 0) is 11.2 Å². The zero-order valence-corrected chi connectivity index (χ0v) is 18.8. The molecule has 0 saturated heterocycles. The van der Waals surface area contributed by atoms with Crippen LogP contribution in [0.2, 0.25) is 0 Å². The zero-order valence-electron chi connectivity index (χ0n) is 18.0. The summed E-state index contributed by atoms with van der Waals surface area (Å²) in [6.07, 6.45) is 4.03. The van der Waals surface area contributed by atoms with Crippen LogP contribution in [0.5, 0.6) is 5.75 Å². The van der Waals surface area contributed by atoms with Crippen LogP contribution in [0.25, 0.3) is 17.4 Å². The number of carbonyl (C=O) groups is 1. The van der Waals surface area contributed by atoms with Gasteiger partial charge >= 0.3 is 0 Å². The maximum atomic E-state index is 12.5. The van der Waals surface area contributed by atoms with Gasteiger partial charge in [-0.2, -0.15) is 5.26 Å². The van der Waals surface area contributed by atoms with Crippen molar-refractivity contribution in [1.82, 2.24) is 10.2 Å². The number of benzene rings is 1. The molecular formula is C22H21N5O5S. The molecule has 2 heterocycles. The number of nitro benzene ring substituents is 1. The van der Waals surface area contributed by atoms with Crippen LogP contribution < -0.4 is 10.1 Å². The molecule has 10 nitrogen and oxygen atoms in total. The Morgan fingerprint density at radius 1 is 1.33 bits per heavy atom. The Labute approximate surface area is 193 Å². The molecule has 0 atom stereocenters. The van der Waals surface area contributed by atoms with Gasteiger partial charge in [0.2, 0.25) is 5.13 Å². The minimum Gasteiger partial charge on any atom is -0.494 e. The van der Waals surface area contributed by atoms with Gasteiger partial charge in [0.1, 0.15) is 33.9 Å². The van der Waals surface area contributed by atoms with E-state index in [-0.39, 0.29) is 28.3 Å². The van der Waals surface area contributed by atoms with E-state index in [1.165, 1.54) is 41.7 Å². The van der Waals surface area contributed by atoms with E-state index in [0.29, 0.717) is 17.5 Å². The number of furan rings is 1. The van der Waals surface area contributed by atoms with Crippen LogP contribution in [0.15, 0.2) is 40.3 Å². The molecule has 0 spiro atoms. The molecule has 1 N–H and O–H groups in total. The van der Waals surface area contributed by atoms with Crippen molar-refractivity contribution in [2.24, 2.45) is 0 Å². The highest BCUT2D eigenvalue weighted by molar-refractivity contribution is 7.15. The number of anilines is 1. The molecule has 0 unspecified atom stereocenters. The topological polar surface area (TPSA) is 144 Å². The van der Waals surface area contributed by atoms with Gasteiger partial charge in [0.15, 0.2) is 0 Å². The SMILES string of the molecule is CCCCc1nnc(NC(=O)/C(C#N)=C\c2ccc(-c3ccc(OCC)cc3[N+](=O)[O-])o2)s1. The van der Waals surface area contributed by atoms with Gasteiger partial charge in [-0.25, -0.2) is 0 Å². The van der Waals surface area contributed by atoms with Crippen molar-refractivity contribution in [2.45, 2.75) is 33.1 Å². The molecule has 0 aliphatic heterocycles. The van der Waals surface area contributed by atoms with Crippen molar-refractivity contribution < 1.29 is 18.9 Å². The summed E-state index contributed by atoms with van der Waals surface area (Å²) >= 11 is 1.26. The van der Waals surface area contributed by atoms with Gasteiger partial charge in [-0.15, -0.1) is 10.2 Å². The lowest BCUT2D eigenvalue weighted by molar-refractivity contribution is -0.384. The largest absolute Gasteiger partial charge is 0.494 e. The predicted molar refractivity (Wildman–Crippen MR) is 123 cm³/mol. The molecular weight excluding hydrogens is 446 g/mol. The van der Waals surface area contributed by atoms with E-state index in [1.807, 2.05) is 6.07 Å². The number of carbonyl (C=O) groups excluding carboxylic acids is 1. The summed E-state index contributed by atoms with van der Waals surface area (Å²) in [5.74, 6) is 0.137. The minimum atomic E-state index is -0.652. The number of hydrogen-bond acceptors (Lipinski definition) is 9. The van der Waals surface area contributed by atoms with Crippen LogP contribution in [0, 0.1) is 21.4 Å². The Kier molecular flexibility index (Phi) is 7.88. The number of rotatable bonds is 10. The maximum Gasteiger partial charge on any atom is 0.284 e. The fourth-order valence-corrected chi connectivity index (χ4v) is 3.67. The van der Waals surface area contributed by atoms with Crippen molar-refractivity contribution in [1.29, 1.82) is 5.26 Å². The molecule has 0 aliphatic rings. The van der Waals surface area contributed by atoms with Gasteiger partial charge < -0.3 is 9.15 Å². The number of aryl methyl sites for hydroxylation is 1. The van der Waals surface area contributed by atoms with Gasteiger partial charge in [-0.05, 0) is 37.6 Å². The molecule has 0 radical (unpaired) electrons. The Bertz CT molecular complexity index is 1220. The number of ether oxygens (including phenoxy) is 1. The Morgan fingerprint density at radius 3 is 2.85 bits per heavy atom. The molecule has 2 aromatic heterocycles. The highest BCUT2D eigenvalue weighted by Crippen LogP contribution is 2.34. The van der Waals surface area contributed by atoms with Crippen molar-refractivity contribution >= 4 is 34.1 Å². The smallest absolute Gasteiger partial charge is 0.284 e. The predicted octanol–water partition coefficient (Wildman–Crippen LogP) is 4.99. The van der Waals surface area contributed by atoms with Gasteiger partial charge in [0, 0.05) is 12.5 Å². The third kappa shape index (κ3) is 6.02. The van der Waals surface area contributed by atoms with Crippen LogP contribution in [0.1, 0.15) is 37.5 Å². The van der Waals surface area contributed by atoms with Crippen molar-refractivity contribution in [3.8, 4) is 23.1 Å². The Morgan fingerprint density at radius 2 is 2.15 bits per heavy atom. The van der Waals surface area contributed by atoms with E-state index in [4.69, 9.17) is 9.15 Å². The lowest BCUT2D eigenvalue weighted by Crippen LogP contribution is -2.13. The van der Waals surface area contributed by atoms with Gasteiger partial charge in [0.05, 0.1) is 23.2 Å². The summed E-state index contributed by atoms with van der Waals surface area (Å²) < 4.78 is 11.0. The van der Waals surface area contributed by atoms with E-state index in [2.05, 4.69) is 22.4 Å². The van der Waals surface area contributed by atoms with E-state index in [1.54, 1.807) is 13.0 Å². The Hall–Kier alpha value is -4.04. The first-order valence-electron chi connectivity index (χ1n) is 10.2.